The number of hydrogen-bond acceptors (Lipinski definition) is 11. The highest BCUT2D eigenvalue weighted by Crippen LogP contribution is 2.24. The summed E-state index contributed by atoms with van der Waals surface area (Å²) in [6, 6.07) is 3.90. The first-order chi connectivity index (χ1) is 16.0. The minimum atomic E-state index is -3.65. The van der Waals surface area contributed by atoms with Gasteiger partial charge in [-0.3, -0.25) is 4.79 Å². The Morgan fingerprint density at radius 1 is 1.03 bits per heavy atom. The molecular weight excluding hydrogens is 476 g/mol. The molecule has 2 saturated heterocycles. The number of amides is 1. The molecule has 192 valence electrons. The van der Waals surface area contributed by atoms with Crippen molar-refractivity contribution in [3.63, 3.8) is 0 Å². The van der Waals surface area contributed by atoms with E-state index in [0.29, 0.717) is 0 Å². The van der Waals surface area contributed by atoms with Crippen LogP contribution in [-0.4, -0.2) is 121 Å². The molecule has 2 aliphatic rings. The molecule has 2 aliphatic heterocycles. The maximum atomic E-state index is 12.7. The summed E-state index contributed by atoms with van der Waals surface area (Å²) >= 11 is 0. The van der Waals surface area contributed by atoms with Crippen molar-refractivity contribution in [1.82, 2.24) is 10.0 Å². The Kier molecular flexibility index (Phi) is 8.83. The van der Waals surface area contributed by atoms with E-state index in [1.807, 2.05) is 0 Å². The maximum Gasteiger partial charge on any atom is 0.251 e. The first-order valence-electron chi connectivity index (χ1n) is 10.6. The van der Waals surface area contributed by atoms with Crippen LogP contribution in [0.15, 0.2) is 24.3 Å². The highest BCUT2D eigenvalue weighted by Gasteiger charge is 2.42. The van der Waals surface area contributed by atoms with Gasteiger partial charge in [0.2, 0.25) is 10.0 Å². The number of ether oxygens (including phenoxy) is 3. The van der Waals surface area contributed by atoms with Crippen LogP contribution >= 0.6 is 0 Å². The number of hydrogen-bond donors (Lipinski definition) is 7. The van der Waals surface area contributed by atoms with E-state index < -0.39 is 77.9 Å². The molecule has 7 N–H and O–H groups in total. The molecule has 0 spiro atoms. The monoisotopic (exact) mass is 506 g/mol. The largest absolute Gasteiger partial charge is 0.485 e. The first kappa shape index (κ1) is 26.7. The molecule has 1 amide bonds. The van der Waals surface area contributed by atoms with Crippen molar-refractivity contribution in [3.8, 4) is 5.75 Å². The fourth-order valence-corrected chi connectivity index (χ4v) is 4.60. The molecule has 0 bridgehead atoms. The Labute approximate surface area is 196 Å². The van der Waals surface area contributed by atoms with Crippen molar-refractivity contribution in [2.75, 3.05) is 32.7 Å². The molecule has 1 aromatic rings. The zero-order valence-electron chi connectivity index (χ0n) is 18.4. The quantitative estimate of drug-likeness (QED) is 0.183. The van der Waals surface area contributed by atoms with Gasteiger partial charge < -0.3 is 45.1 Å². The molecule has 14 heteroatoms. The Morgan fingerprint density at radius 3 is 2.32 bits per heavy atom. The number of aliphatic hydroxyl groups is 5. The number of rotatable bonds is 8. The van der Waals surface area contributed by atoms with Gasteiger partial charge in [-0.2, -0.15) is 0 Å². The highest BCUT2D eigenvalue weighted by atomic mass is 32.2. The molecule has 1 aromatic carbocycles. The smallest absolute Gasteiger partial charge is 0.251 e. The standard InChI is InChI=1S/C20H30N2O11S/c1-34(29,30)22-13-9-32-15(7-24)19(17(13)26)33-11-4-2-3-10(5-11)20(28)21-12-8-31-14(6-23)18(27)16(12)25/h2-5,12-19,22-27H,6-9H2,1H3,(H,21,28)/t12-,13-,14-,15-,16-,17-,18+,19+/m1/s1. The van der Waals surface area contributed by atoms with E-state index in [-0.39, 0.29) is 24.5 Å². The van der Waals surface area contributed by atoms with Gasteiger partial charge >= 0.3 is 0 Å². The normalized spacial score (nSPS) is 34.4. The molecule has 13 nitrogen and oxygen atoms in total. The lowest BCUT2D eigenvalue weighted by molar-refractivity contribution is -0.159. The third-order valence-electron chi connectivity index (χ3n) is 5.65. The van der Waals surface area contributed by atoms with Crippen LogP contribution in [0.25, 0.3) is 0 Å². The highest BCUT2D eigenvalue weighted by molar-refractivity contribution is 7.88. The summed E-state index contributed by atoms with van der Waals surface area (Å²) in [6.07, 6.45) is -6.19. The van der Waals surface area contributed by atoms with Gasteiger partial charge in [-0.1, -0.05) is 6.07 Å². The van der Waals surface area contributed by atoms with Gasteiger partial charge in [-0.05, 0) is 18.2 Å². The Morgan fingerprint density at radius 2 is 1.68 bits per heavy atom. The average molecular weight is 507 g/mol. The van der Waals surface area contributed by atoms with Gasteiger partial charge in [0.1, 0.15) is 36.3 Å². The summed E-state index contributed by atoms with van der Waals surface area (Å²) in [5, 5.41) is 52.1. The van der Waals surface area contributed by atoms with E-state index in [4.69, 9.17) is 19.3 Å². The van der Waals surface area contributed by atoms with Gasteiger partial charge in [0.15, 0.2) is 6.10 Å². The van der Waals surface area contributed by atoms with Crippen molar-refractivity contribution in [1.29, 1.82) is 0 Å². The second-order valence-electron chi connectivity index (χ2n) is 8.27. The van der Waals surface area contributed by atoms with E-state index in [2.05, 4.69) is 10.0 Å². The van der Waals surface area contributed by atoms with Crippen molar-refractivity contribution < 1.29 is 53.0 Å². The van der Waals surface area contributed by atoms with Crippen LogP contribution in [0.4, 0.5) is 0 Å². The summed E-state index contributed by atoms with van der Waals surface area (Å²) in [4.78, 5) is 12.7. The molecule has 2 heterocycles. The van der Waals surface area contributed by atoms with Gasteiger partial charge in [0.05, 0.1) is 44.8 Å². The van der Waals surface area contributed by atoms with Gasteiger partial charge in [-0.25, -0.2) is 13.1 Å². The number of carbonyl (C=O) groups is 1. The second-order valence-corrected chi connectivity index (χ2v) is 10.0. The Hall–Kier alpha value is -1.88. The molecule has 0 aromatic heterocycles. The molecule has 0 unspecified atom stereocenters. The van der Waals surface area contributed by atoms with Crippen molar-refractivity contribution >= 4 is 15.9 Å². The lowest BCUT2D eigenvalue weighted by Crippen LogP contribution is -2.61. The number of nitrogens with one attached hydrogen (secondary N) is 2. The number of aliphatic hydroxyl groups excluding tert-OH is 5. The predicted octanol–water partition coefficient (Wildman–Crippen LogP) is -3.68. The molecule has 2 fully saturated rings. The van der Waals surface area contributed by atoms with Crippen molar-refractivity contribution in [3.05, 3.63) is 29.8 Å². The van der Waals surface area contributed by atoms with Crippen molar-refractivity contribution in [2.45, 2.75) is 48.7 Å². The van der Waals surface area contributed by atoms with Gasteiger partial charge in [0, 0.05) is 5.56 Å². The Balaban J connectivity index is 1.69. The summed E-state index contributed by atoms with van der Waals surface area (Å²) in [5.74, 6) is -0.469. The van der Waals surface area contributed by atoms with Crippen LogP contribution in [0.2, 0.25) is 0 Å². The van der Waals surface area contributed by atoms with Crippen LogP contribution in [0.1, 0.15) is 10.4 Å². The molecular formula is C20H30N2O11S. The summed E-state index contributed by atoms with van der Waals surface area (Å²) in [7, 11) is -3.65. The Bertz CT molecular complexity index is 946. The number of sulfonamides is 1. The van der Waals surface area contributed by atoms with Crippen LogP contribution in [0.5, 0.6) is 5.75 Å². The number of benzene rings is 1. The number of carbonyl (C=O) groups excluding carboxylic acids is 1. The van der Waals surface area contributed by atoms with E-state index in [9.17, 15) is 33.6 Å². The maximum absolute atomic E-state index is 12.7. The molecule has 8 atom stereocenters. The average Bonchev–Trinajstić information content (AvgIpc) is 2.79. The summed E-state index contributed by atoms with van der Waals surface area (Å²) < 4.78 is 41.8. The third-order valence-corrected chi connectivity index (χ3v) is 6.38. The first-order valence-corrected chi connectivity index (χ1v) is 12.5. The fraction of sp³-hybridized carbons (Fsp3) is 0.650. The molecule has 34 heavy (non-hydrogen) atoms. The van der Waals surface area contributed by atoms with Crippen LogP contribution < -0.4 is 14.8 Å². The zero-order chi connectivity index (χ0) is 25.0. The van der Waals surface area contributed by atoms with Crippen LogP contribution in [-0.2, 0) is 19.5 Å². The van der Waals surface area contributed by atoms with Crippen LogP contribution in [0.3, 0.4) is 0 Å². The second kappa shape index (κ2) is 11.2. The van der Waals surface area contributed by atoms with E-state index in [1.54, 1.807) is 0 Å². The molecule has 0 saturated carbocycles. The van der Waals surface area contributed by atoms with Gasteiger partial charge in [0.25, 0.3) is 5.91 Å². The minimum Gasteiger partial charge on any atom is -0.485 e. The SMILES string of the molecule is CS(=O)(=O)N[C@@H]1CO[C@H](CO)[C@H](Oc2cccc(C(=O)N[C@@H]3CO[C@H](CO)[C@H](O)[C@@H]3O)c2)[C@@H]1O. The van der Waals surface area contributed by atoms with E-state index in [1.165, 1.54) is 24.3 Å². The summed E-state index contributed by atoms with van der Waals surface area (Å²) in [5.41, 5.74) is 0.126. The lowest BCUT2D eigenvalue weighted by atomic mass is 9.98. The molecule has 0 aliphatic carbocycles. The fourth-order valence-electron chi connectivity index (χ4n) is 3.84. The molecule has 0 radical (unpaired) electrons. The van der Waals surface area contributed by atoms with E-state index >= 15 is 0 Å². The predicted molar refractivity (Wildman–Crippen MR) is 116 cm³/mol. The van der Waals surface area contributed by atoms with Crippen molar-refractivity contribution in [2.24, 2.45) is 0 Å². The van der Waals surface area contributed by atoms with E-state index in [0.717, 1.165) is 6.26 Å². The summed E-state index contributed by atoms with van der Waals surface area (Å²) in [6.45, 7) is -1.27. The zero-order valence-corrected chi connectivity index (χ0v) is 19.2. The topological polar surface area (TPSA) is 204 Å². The third kappa shape index (κ3) is 6.41. The minimum absolute atomic E-state index is 0.121. The molecule has 3 rings (SSSR count). The van der Waals surface area contributed by atoms with Crippen LogP contribution in [0, 0.1) is 0 Å². The lowest BCUT2D eigenvalue weighted by Gasteiger charge is -2.39. The van der Waals surface area contributed by atoms with Gasteiger partial charge in [-0.15, -0.1) is 0 Å².